The smallest absolute Gasteiger partial charge is 0.294 e. The normalized spacial score (nSPS) is 14.8. The van der Waals surface area contributed by atoms with Crippen molar-refractivity contribution in [3.05, 3.63) is 89.9 Å². The van der Waals surface area contributed by atoms with E-state index in [1.165, 1.54) is 46.4 Å². The molecule has 1 saturated carbocycles. The van der Waals surface area contributed by atoms with Crippen LogP contribution in [-0.4, -0.2) is 38.1 Å². The first-order chi connectivity index (χ1) is 18.0. The van der Waals surface area contributed by atoms with E-state index in [2.05, 4.69) is 20.8 Å². The summed E-state index contributed by atoms with van der Waals surface area (Å²) in [7, 11) is 0. The van der Waals surface area contributed by atoms with Gasteiger partial charge in [0.05, 0.1) is 12.0 Å². The van der Waals surface area contributed by atoms with Crippen LogP contribution in [0.3, 0.4) is 0 Å². The first-order valence-corrected chi connectivity index (χ1v) is 12.3. The van der Waals surface area contributed by atoms with Crippen LogP contribution in [0.2, 0.25) is 0 Å². The molecule has 1 fully saturated rings. The number of aromatic nitrogens is 4. The average Bonchev–Trinajstić information content (AvgIpc) is 3.63. The molecule has 5 rings (SSSR count). The van der Waals surface area contributed by atoms with Crippen LogP contribution >= 0.6 is 0 Å². The van der Waals surface area contributed by atoms with Gasteiger partial charge < -0.3 is 9.73 Å². The van der Waals surface area contributed by atoms with Gasteiger partial charge in [-0.05, 0) is 83.8 Å². The Kier molecular flexibility index (Phi) is 7.07. The van der Waals surface area contributed by atoms with Gasteiger partial charge in [0.25, 0.3) is 5.91 Å². The third kappa shape index (κ3) is 5.28. The zero-order valence-electron chi connectivity index (χ0n) is 20.4. The molecule has 0 bridgehead atoms. The Balaban J connectivity index is 1.60. The van der Waals surface area contributed by atoms with Crippen LogP contribution in [0.4, 0.5) is 10.1 Å². The monoisotopic (exact) mass is 502 g/mol. The molecule has 1 aliphatic carbocycles. The molecule has 4 aromatic rings. The van der Waals surface area contributed by atoms with Crippen LogP contribution in [0.1, 0.15) is 59.8 Å². The molecule has 2 aromatic carbocycles. The van der Waals surface area contributed by atoms with Crippen molar-refractivity contribution in [1.82, 2.24) is 25.5 Å². The lowest BCUT2D eigenvalue weighted by atomic mass is 9.94. The Morgan fingerprint density at radius 2 is 1.89 bits per heavy atom. The Labute approximate surface area is 213 Å². The van der Waals surface area contributed by atoms with E-state index < -0.39 is 17.8 Å². The summed E-state index contributed by atoms with van der Waals surface area (Å²) in [6.07, 6.45) is 7.88. The molecule has 0 radical (unpaired) electrons. The fraction of sp³-hybridized carbons (Fsp3) is 0.296. The molecule has 1 aliphatic rings. The van der Waals surface area contributed by atoms with Crippen molar-refractivity contribution in [2.75, 3.05) is 4.90 Å². The van der Waals surface area contributed by atoms with Crippen molar-refractivity contribution in [2.24, 2.45) is 0 Å². The van der Waals surface area contributed by atoms with Gasteiger partial charge in [0.15, 0.2) is 5.76 Å². The number of anilines is 1. The van der Waals surface area contributed by atoms with Gasteiger partial charge >= 0.3 is 0 Å². The summed E-state index contributed by atoms with van der Waals surface area (Å²) in [5, 5.41) is 14.5. The van der Waals surface area contributed by atoms with Crippen molar-refractivity contribution in [1.29, 1.82) is 0 Å². The van der Waals surface area contributed by atoms with Gasteiger partial charge in [-0.25, -0.2) is 9.07 Å². The van der Waals surface area contributed by atoms with E-state index in [0.29, 0.717) is 11.3 Å². The fourth-order valence-corrected chi connectivity index (χ4v) is 4.81. The predicted octanol–water partition coefficient (Wildman–Crippen LogP) is 4.54. The van der Waals surface area contributed by atoms with Crippen LogP contribution in [0.25, 0.3) is 5.69 Å². The Hall–Kier alpha value is -4.34. The third-order valence-electron chi connectivity index (χ3n) is 6.65. The SMILES string of the molecule is Cc1cc(N(C(=O)c2ccco2)[C@@H](C(=O)NC2CCCCC2)c2ccc(F)cc2)ccc1-n1cnnn1. The lowest BCUT2D eigenvalue weighted by Gasteiger charge is -2.33. The number of hydrogen-bond donors (Lipinski definition) is 1. The van der Waals surface area contributed by atoms with Crippen LogP contribution in [0.5, 0.6) is 0 Å². The highest BCUT2D eigenvalue weighted by Crippen LogP contribution is 2.32. The van der Waals surface area contributed by atoms with Gasteiger partial charge in [0, 0.05) is 11.7 Å². The number of nitrogens with one attached hydrogen (secondary N) is 1. The minimum Gasteiger partial charge on any atom is -0.459 e. The number of halogens is 1. The third-order valence-corrected chi connectivity index (χ3v) is 6.65. The highest BCUT2D eigenvalue weighted by molar-refractivity contribution is 6.08. The number of aryl methyl sites for hydroxylation is 1. The molecule has 10 heteroatoms. The van der Waals surface area contributed by atoms with Crippen molar-refractivity contribution >= 4 is 17.5 Å². The van der Waals surface area contributed by atoms with E-state index in [1.54, 1.807) is 30.3 Å². The molecule has 2 aromatic heterocycles. The van der Waals surface area contributed by atoms with Gasteiger partial charge in [-0.2, -0.15) is 0 Å². The second-order valence-electron chi connectivity index (χ2n) is 9.18. The zero-order chi connectivity index (χ0) is 25.8. The molecule has 1 atom stereocenters. The Morgan fingerprint density at radius 1 is 1.11 bits per heavy atom. The highest BCUT2D eigenvalue weighted by Gasteiger charge is 2.36. The highest BCUT2D eigenvalue weighted by atomic mass is 19.1. The molecule has 9 nitrogen and oxygen atoms in total. The number of tetrazole rings is 1. The maximum Gasteiger partial charge on any atom is 0.294 e. The van der Waals surface area contributed by atoms with Crippen LogP contribution in [0.15, 0.2) is 71.6 Å². The average molecular weight is 503 g/mol. The predicted molar refractivity (Wildman–Crippen MR) is 134 cm³/mol. The van der Waals surface area contributed by atoms with Crippen molar-refractivity contribution in [2.45, 2.75) is 51.1 Å². The molecule has 190 valence electrons. The van der Waals surface area contributed by atoms with Crippen molar-refractivity contribution in [3.8, 4) is 5.69 Å². The van der Waals surface area contributed by atoms with E-state index in [4.69, 9.17) is 4.42 Å². The number of carbonyl (C=O) groups excluding carboxylic acids is 2. The van der Waals surface area contributed by atoms with E-state index in [1.807, 2.05) is 6.92 Å². The van der Waals surface area contributed by atoms with Crippen LogP contribution in [-0.2, 0) is 4.79 Å². The number of benzene rings is 2. The van der Waals surface area contributed by atoms with Crippen LogP contribution in [0, 0.1) is 12.7 Å². The largest absolute Gasteiger partial charge is 0.459 e. The second-order valence-corrected chi connectivity index (χ2v) is 9.18. The molecule has 37 heavy (non-hydrogen) atoms. The molecular weight excluding hydrogens is 475 g/mol. The molecule has 1 N–H and O–H groups in total. The van der Waals surface area contributed by atoms with Crippen molar-refractivity contribution in [3.63, 3.8) is 0 Å². The summed E-state index contributed by atoms with van der Waals surface area (Å²) in [6, 6.07) is 13.1. The van der Waals surface area contributed by atoms with Gasteiger partial charge in [-0.1, -0.05) is 31.4 Å². The molecule has 2 heterocycles. The van der Waals surface area contributed by atoms with Gasteiger partial charge in [-0.3, -0.25) is 14.5 Å². The summed E-state index contributed by atoms with van der Waals surface area (Å²) in [6.45, 7) is 1.87. The molecule has 0 aliphatic heterocycles. The Bertz CT molecular complexity index is 1350. The quantitative estimate of drug-likeness (QED) is 0.398. The zero-order valence-corrected chi connectivity index (χ0v) is 20.4. The number of carbonyl (C=O) groups is 2. The van der Waals surface area contributed by atoms with Crippen LogP contribution < -0.4 is 10.2 Å². The number of hydrogen-bond acceptors (Lipinski definition) is 6. The summed E-state index contributed by atoms with van der Waals surface area (Å²) in [5.74, 6) is -1.17. The fourth-order valence-electron chi connectivity index (χ4n) is 4.81. The summed E-state index contributed by atoms with van der Waals surface area (Å²) in [5.41, 5.74) is 2.47. The molecule has 0 unspecified atom stereocenters. The first-order valence-electron chi connectivity index (χ1n) is 12.3. The maximum atomic E-state index is 13.9. The number of furan rings is 1. The second kappa shape index (κ2) is 10.7. The molecular formula is C27H27FN6O3. The Morgan fingerprint density at radius 3 is 2.54 bits per heavy atom. The van der Waals surface area contributed by atoms with E-state index >= 15 is 0 Å². The lowest BCUT2D eigenvalue weighted by molar-refractivity contribution is -0.123. The summed E-state index contributed by atoms with van der Waals surface area (Å²) >= 11 is 0. The number of rotatable bonds is 7. The van der Waals surface area contributed by atoms with E-state index in [9.17, 15) is 14.0 Å². The van der Waals surface area contributed by atoms with E-state index in [-0.39, 0.29) is 17.7 Å². The van der Waals surface area contributed by atoms with Gasteiger partial charge in [0.1, 0.15) is 18.2 Å². The molecule has 2 amide bonds. The van der Waals surface area contributed by atoms with E-state index in [0.717, 1.165) is 43.4 Å². The number of amides is 2. The standard InChI is InChI=1S/C27H27FN6O3/c1-18-16-22(13-14-23(18)33-17-29-31-32-33)34(27(36)24-8-5-15-37-24)25(19-9-11-20(28)12-10-19)26(35)30-21-6-3-2-4-7-21/h5,8-17,21,25H,2-4,6-7H2,1H3,(H,30,35)/t25-/m1/s1. The topological polar surface area (TPSA) is 106 Å². The van der Waals surface area contributed by atoms with Gasteiger partial charge in [-0.15, -0.1) is 5.10 Å². The number of nitrogens with zero attached hydrogens (tertiary/aromatic N) is 5. The van der Waals surface area contributed by atoms with Crippen molar-refractivity contribution < 1.29 is 18.4 Å². The molecule has 0 saturated heterocycles. The minimum absolute atomic E-state index is 0.0219. The first kappa shape index (κ1) is 24.4. The maximum absolute atomic E-state index is 13.9. The lowest BCUT2D eigenvalue weighted by Crippen LogP contribution is -2.47. The van der Waals surface area contributed by atoms with Gasteiger partial charge in [0.2, 0.25) is 5.91 Å². The molecule has 0 spiro atoms. The summed E-state index contributed by atoms with van der Waals surface area (Å²) in [4.78, 5) is 29.1. The minimum atomic E-state index is -1.06. The summed E-state index contributed by atoms with van der Waals surface area (Å²) < 4.78 is 20.8.